The Hall–Kier alpha value is -1.43. The first-order valence-corrected chi connectivity index (χ1v) is 4.88. The number of aryl methyl sites for hydroxylation is 1. The van der Waals surface area contributed by atoms with Crippen LogP contribution in [-0.2, 0) is 11.2 Å². The summed E-state index contributed by atoms with van der Waals surface area (Å²) in [6.07, 6.45) is 1.67. The summed E-state index contributed by atoms with van der Waals surface area (Å²) in [4.78, 5) is 13.1. The Labute approximate surface area is 88.7 Å². The number of carbonyl (C=O) groups is 1. The Bertz CT molecular complexity index is 322. The van der Waals surface area contributed by atoms with Crippen LogP contribution in [0.2, 0.25) is 0 Å². The fourth-order valence-electron chi connectivity index (χ4n) is 1.07. The molecule has 0 aliphatic carbocycles. The molecule has 1 aromatic rings. The predicted octanol–water partition coefficient (Wildman–Crippen LogP) is 0.522. The second kappa shape index (κ2) is 5.45. The van der Waals surface area contributed by atoms with Gasteiger partial charge in [-0.15, -0.1) is 5.10 Å². The van der Waals surface area contributed by atoms with E-state index in [0.717, 1.165) is 12.8 Å². The lowest BCUT2D eigenvalue weighted by molar-refractivity contribution is -0.116. The first-order chi connectivity index (χ1) is 7.11. The molecule has 15 heavy (non-hydrogen) atoms. The fraction of sp³-hybridized carbons (Fsp3) is 0.667. The normalized spacial score (nSPS) is 10.7. The summed E-state index contributed by atoms with van der Waals surface area (Å²) in [7, 11) is 3.63. The van der Waals surface area contributed by atoms with Crippen molar-refractivity contribution in [3.8, 4) is 0 Å². The van der Waals surface area contributed by atoms with Gasteiger partial charge in [-0.3, -0.25) is 10.1 Å². The van der Waals surface area contributed by atoms with Gasteiger partial charge in [-0.25, -0.2) is 0 Å². The molecule has 0 unspecified atom stereocenters. The van der Waals surface area contributed by atoms with E-state index in [1.165, 1.54) is 0 Å². The van der Waals surface area contributed by atoms with Gasteiger partial charge < -0.3 is 9.32 Å². The van der Waals surface area contributed by atoms with Gasteiger partial charge in [0.05, 0.1) is 6.54 Å². The molecule has 0 saturated carbocycles. The van der Waals surface area contributed by atoms with Crippen LogP contribution < -0.4 is 5.32 Å². The lowest BCUT2D eigenvalue weighted by atomic mass is 10.3. The number of aromatic nitrogens is 2. The summed E-state index contributed by atoms with van der Waals surface area (Å²) >= 11 is 0. The Balaban J connectivity index is 2.46. The SMILES string of the molecule is CCCc1nnc(NC(=O)CN(C)C)o1. The van der Waals surface area contributed by atoms with Crippen LogP contribution in [-0.4, -0.2) is 41.6 Å². The van der Waals surface area contributed by atoms with Gasteiger partial charge in [-0.2, -0.15) is 0 Å². The van der Waals surface area contributed by atoms with Crippen molar-refractivity contribution in [1.29, 1.82) is 0 Å². The van der Waals surface area contributed by atoms with Crippen molar-refractivity contribution in [3.63, 3.8) is 0 Å². The van der Waals surface area contributed by atoms with Crippen LogP contribution in [0.3, 0.4) is 0 Å². The number of nitrogens with zero attached hydrogens (tertiary/aromatic N) is 3. The van der Waals surface area contributed by atoms with Crippen LogP contribution in [0.4, 0.5) is 6.01 Å². The zero-order valence-corrected chi connectivity index (χ0v) is 9.28. The van der Waals surface area contributed by atoms with Crippen LogP contribution in [0.15, 0.2) is 4.42 Å². The monoisotopic (exact) mass is 212 g/mol. The molecule has 1 heterocycles. The third kappa shape index (κ3) is 4.07. The maximum absolute atomic E-state index is 11.3. The average Bonchev–Trinajstić information content (AvgIpc) is 2.51. The van der Waals surface area contributed by atoms with Crippen LogP contribution in [0.25, 0.3) is 0 Å². The summed E-state index contributed by atoms with van der Waals surface area (Å²) in [6, 6.07) is 0.172. The van der Waals surface area contributed by atoms with E-state index in [4.69, 9.17) is 4.42 Å². The number of nitrogens with one attached hydrogen (secondary N) is 1. The highest BCUT2D eigenvalue weighted by Crippen LogP contribution is 2.06. The molecule has 1 N–H and O–H groups in total. The zero-order valence-electron chi connectivity index (χ0n) is 9.28. The van der Waals surface area contributed by atoms with Crippen molar-refractivity contribution >= 4 is 11.9 Å². The molecular weight excluding hydrogens is 196 g/mol. The number of carbonyl (C=O) groups excluding carboxylic acids is 1. The molecule has 1 rings (SSSR count). The maximum atomic E-state index is 11.3. The van der Waals surface area contributed by atoms with Crippen LogP contribution in [0, 0.1) is 0 Å². The average molecular weight is 212 g/mol. The first kappa shape index (κ1) is 11.6. The van der Waals surface area contributed by atoms with Gasteiger partial charge in [0.2, 0.25) is 11.8 Å². The molecular formula is C9H16N4O2. The topological polar surface area (TPSA) is 71.3 Å². The van der Waals surface area contributed by atoms with Crippen molar-refractivity contribution < 1.29 is 9.21 Å². The van der Waals surface area contributed by atoms with E-state index in [1.54, 1.807) is 4.90 Å². The molecule has 0 aliphatic heterocycles. The van der Waals surface area contributed by atoms with E-state index in [0.29, 0.717) is 12.4 Å². The second-order valence-electron chi connectivity index (χ2n) is 3.54. The van der Waals surface area contributed by atoms with E-state index in [-0.39, 0.29) is 11.9 Å². The number of hydrogen-bond acceptors (Lipinski definition) is 5. The lowest BCUT2D eigenvalue weighted by Crippen LogP contribution is -2.27. The minimum atomic E-state index is -0.160. The summed E-state index contributed by atoms with van der Waals surface area (Å²) in [6.45, 7) is 2.32. The highest BCUT2D eigenvalue weighted by atomic mass is 16.4. The molecule has 6 nitrogen and oxygen atoms in total. The van der Waals surface area contributed by atoms with E-state index < -0.39 is 0 Å². The molecule has 0 saturated heterocycles. The highest BCUT2D eigenvalue weighted by Gasteiger charge is 2.09. The van der Waals surface area contributed by atoms with Crippen molar-refractivity contribution in [2.75, 3.05) is 26.0 Å². The van der Waals surface area contributed by atoms with Gasteiger partial charge in [0.1, 0.15) is 0 Å². The van der Waals surface area contributed by atoms with Crippen molar-refractivity contribution in [2.24, 2.45) is 0 Å². The van der Waals surface area contributed by atoms with Crippen molar-refractivity contribution in [3.05, 3.63) is 5.89 Å². The molecule has 0 atom stereocenters. The number of amides is 1. The Morgan fingerprint density at radius 3 is 2.80 bits per heavy atom. The fourth-order valence-corrected chi connectivity index (χ4v) is 1.07. The predicted molar refractivity (Wildman–Crippen MR) is 55.5 cm³/mol. The molecule has 0 radical (unpaired) electrons. The van der Waals surface area contributed by atoms with E-state index >= 15 is 0 Å². The number of hydrogen-bond donors (Lipinski definition) is 1. The van der Waals surface area contributed by atoms with Crippen molar-refractivity contribution in [1.82, 2.24) is 15.1 Å². The van der Waals surface area contributed by atoms with Gasteiger partial charge in [-0.1, -0.05) is 12.0 Å². The molecule has 84 valence electrons. The summed E-state index contributed by atoms with van der Waals surface area (Å²) < 4.78 is 5.20. The van der Waals surface area contributed by atoms with Gasteiger partial charge >= 0.3 is 6.01 Å². The van der Waals surface area contributed by atoms with Crippen LogP contribution in [0.5, 0.6) is 0 Å². The molecule has 0 fully saturated rings. The Kier molecular flexibility index (Phi) is 4.23. The molecule has 1 aromatic heterocycles. The van der Waals surface area contributed by atoms with E-state index in [1.807, 2.05) is 21.0 Å². The van der Waals surface area contributed by atoms with Crippen LogP contribution >= 0.6 is 0 Å². The van der Waals surface area contributed by atoms with Gasteiger partial charge in [-0.05, 0) is 20.5 Å². The van der Waals surface area contributed by atoms with Gasteiger partial charge in [0.25, 0.3) is 0 Å². The van der Waals surface area contributed by atoms with Crippen LogP contribution in [0.1, 0.15) is 19.2 Å². The number of anilines is 1. The first-order valence-electron chi connectivity index (χ1n) is 4.88. The van der Waals surface area contributed by atoms with Gasteiger partial charge in [0, 0.05) is 6.42 Å². The minimum absolute atomic E-state index is 0.160. The molecule has 1 amide bonds. The third-order valence-corrected chi connectivity index (χ3v) is 1.64. The summed E-state index contributed by atoms with van der Waals surface area (Å²) in [5, 5.41) is 10.0. The summed E-state index contributed by atoms with van der Waals surface area (Å²) in [5.41, 5.74) is 0. The maximum Gasteiger partial charge on any atom is 0.322 e. The largest absolute Gasteiger partial charge is 0.408 e. The zero-order chi connectivity index (χ0) is 11.3. The molecule has 0 aromatic carbocycles. The molecule has 0 bridgehead atoms. The molecule has 0 aliphatic rings. The second-order valence-corrected chi connectivity index (χ2v) is 3.54. The smallest absolute Gasteiger partial charge is 0.322 e. The summed E-state index contributed by atoms with van der Waals surface area (Å²) in [5.74, 6) is 0.393. The highest BCUT2D eigenvalue weighted by molar-refractivity contribution is 5.90. The quantitative estimate of drug-likeness (QED) is 0.770. The Morgan fingerprint density at radius 2 is 2.20 bits per heavy atom. The minimum Gasteiger partial charge on any atom is -0.408 e. The third-order valence-electron chi connectivity index (χ3n) is 1.64. The Morgan fingerprint density at radius 1 is 1.47 bits per heavy atom. The molecule has 6 heteroatoms. The lowest BCUT2D eigenvalue weighted by Gasteiger charge is -2.06. The van der Waals surface area contributed by atoms with Crippen molar-refractivity contribution in [2.45, 2.75) is 19.8 Å². The van der Waals surface area contributed by atoms with E-state index in [9.17, 15) is 4.79 Å². The van der Waals surface area contributed by atoms with E-state index in [2.05, 4.69) is 15.5 Å². The molecule has 0 spiro atoms. The number of likely N-dealkylation sites (N-methyl/N-ethyl adjacent to an activating group) is 1. The standard InChI is InChI=1S/C9H16N4O2/c1-4-5-8-11-12-9(15-8)10-7(14)6-13(2)3/h4-6H2,1-3H3,(H,10,12,14). The number of rotatable bonds is 5. The van der Waals surface area contributed by atoms with Gasteiger partial charge in [0.15, 0.2) is 0 Å².